The standard InChI is InChI=1S/C17H26N2/c1-3-5-6-9-12-18-13-14-19(15-18)17-11-8-7-10-16(17)4-2/h7-8,10-11,13-14H,3-6,9,12,15H2,1-2H3. The monoisotopic (exact) mass is 258 g/mol. The van der Waals surface area contributed by atoms with Crippen LogP contribution in [-0.2, 0) is 6.42 Å². The second kappa shape index (κ2) is 7.22. The molecule has 104 valence electrons. The second-order valence-electron chi connectivity index (χ2n) is 5.26. The number of nitrogens with zero attached hydrogens (tertiary/aromatic N) is 2. The Morgan fingerprint density at radius 2 is 1.84 bits per heavy atom. The molecule has 0 bridgehead atoms. The van der Waals surface area contributed by atoms with Gasteiger partial charge in [-0.05, 0) is 24.5 Å². The molecule has 0 amide bonds. The fraction of sp³-hybridized carbons (Fsp3) is 0.529. The first kappa shape index (κ1) is 14.0. The van der Waals surface area contributed by atoms with Gasteiger partial charge in [0, 0.05) is 24.6 Å². The summed E-state index contributed by atoms with van der Waals surface area (Å²) >= 11 is 0. The van der Waals surface area contributed by atoms with E-state index in [0.29, 0.717) is 0 Å². The lowest BCUT2D eigenvalue weighted by Gasteiger charge is -2.23. The summed E-state index contributed by atoms with van der Waals surface area (Å²) in [6.07, 6.45) is 10.9. The first-order valence-corrected chi connectivity index (χ1v) is 7.62. The van der Waals surface area contributed by atoms with Crippen LogP contribution in [0.3, 0.4) is 0 Å². The molecule has 0 radical (unpaired) electrons. The zero-order valence-electron chi connectivity index (χ0n) is 12.3. The first-order chi connectivity index (χ1) is 9.35. The van der Waals surface area contributed by atoms with Crippen molar-refractivity contribution in [3.8, 4) is 0 Å². The minimum atomic E-state index is 1.00. The lowest BCUT2D eigenvalue weighted by Crippen LogP contribution is -2.26. The lowest BCUT2D eigenvalue weighted by molar-refractivity contribution is 0.389. The van der Waals surface area contributed by atoms with Crippen LogP contribution in [0.25, 0.3) is 0 Å². The van der Waals surface area contributed by atoms with Crippen LogP contribution < -0.4 is 4.90 Å². The Hall–Kier alpha value is -1.44. The molecule has 0 aromatic heterocycles. The molecule has 0 unspecified atom stereocenters. The molecule has 2 heteroatoms. The van der Waals surface area contributed by atoms with E-state index in [9.17, 15) is 0 Å². The second-order valence-corrected chi connectivity index (χ2v) is 5.26. The molecule has 1 aromatic rings. The number of aryl methyl sites for hydroxylation is 1. The van der Waals surface area contributed by atoms with E-state index in [2.05, 4.69) is 60.3 Å². The van der Waals surface area contributed by atoms with E-state index < -0.39 is 0 Å². The highest BCUT2D eigenvalue weighted by molar-refractivity contribution is 5.56. The highest BCUT2D eigenvalue weighted by Gasteiger charge is 2.15. The zero-order valence-corrected chi connectivity index (χ0v) is 12.3. The van der Waals surface area contributed by atoms with Crippen LogP contribution in [-0.4, -0.2) is 18.1 Å². The molecule has 2 nitrogen and oxygen atoms in total. The van der Waals surface area contributed by atoms with Crippen LogP contribution in [0.15, 0.2) is 36.7 Å². The van der Waals surface area contributed by atoms with Crippen LogP contribution >= 0.6 is 0 Å². The highest BCUT2D eigenvalue weighted by atomic mass is 15.3. The van der Waals surface area contributed by atoms with E-state index in [1.54, 1.807) is 0 Å². The molecule has 0 aliphatic carbocycles. The Morgan fingerprint density at radius 3 is 2.63 bits per heavy atom. The van der Waals surface area contributed by atoms with Gasteiger partial charge < -0.3 is 9.80 Å². The lowest BCUT2D eigenvalue weighted by atomic mass is 10.1. The van der Waals surface area contributed by atoms with Crippen molar-refractivity contribution in [2.75, 3.05) is 18.1 Å². The van der Waals surface area contributed by atoms with Crippen LogP contribution in [0.2, 0.25) is 0 Å². The predicted molar refractivity (Wildman–Crippen MR) is 83.2 cm³/mol. The minimum absolute atomic E-state index is 1.00. The summed E-state index contributed by atoms with van der Waals surface area (Å²) in [5, 5.41) is 0. The molecule has 19 heavy (non-hydrogen) atoms. The number of unbranched alkanes of at least 4 members (excludes halogenated alkanes) is 3. The van der Waals surface area contributed by atoms with Crippen LogP contribution in [0.4, 0.5) is 5.69 Å². The molecule has 0 N–H and O–H groups in total. The third-order valence-corrected chi connectivity index (χ3v) is 3.77. The summed E-state index contributed by atoms with van der Waals surface area (Å²) in [6.45, 7) is 6.67. The van der Waals surface area contributed by atoms with Crippen LogP contribution in [0, 0.1) is 0 Å². The largest absolute Gasteiger partial charge is 0.358 e. The molecule has 0 atom stereocenters. The van der Waals surface area contributed by atoms with Crippen molar-refractivity contribution in [3.63, 3.8) is 0 Å². The first-order valence-electron chi connectivity index (χ1n) is 7.62. The molecule has 1 heterocycles. The van der Waals surface area contributed by atoms with Crippen LogP contribution in [0.1, 0.15) is 45.1 Å². The Labute approximate surface area is 117 Å². The molecule has 0 spiro atoms. The number of benzene rings is 1. The zero-order chi connectivity index (χ0) is 13.5. The molecular weight excluding hydrogens is 232 g/mol. The van der Waals surface area contributed by atoms with Crippen molar-refractivity contribution in [1.82, 2.24) is 4.90 Å². The Bertz CT molecular complexity index is 411. The number of para-hydroxylation sites is 1. The average Bonchev–Trinajstić information content (AvgIpc) is 2.92. The Kier molecular flexibility index (Phi) is 5.31. The van der Waals surface area contributed by atoms with Crippen LogP contribution in [0.5, 0.6) is 0 Å². The number of anilines is 1. The van der Waals surface area contributed by atoms with Crippen molar-refractivity contribution in [2.24, 2.45) is 0 Å². The third-order valence-electron chi connectivity index (χ3n) is 3.77. The third kappa shape index (κ3) is 3.76. The van der Waals surface area contributed by atoms with Gasteiger partial charge >= 0.3 is 0 Å². The summed E-state index contributed by atoms with van der Waals surface area (Å²) in [5.74, 6) is 0. The van der Waals surface area contributed by atoms with Gasteiger partial charge in [0.2, 0.25) is 0 Å². The Morgan fingerprint density at radius 1 is 1.00 bits per heavy atom. The molecule has 0 saturated carbocycles. The van der Waals surface area contributed by atoms with Crippen molar-refractivity contribution in [2.45, 2.75) is 46.0 Å². The minimum Gasteiger partial charge on any atom is -0.358 e. The van der Waals surface area contributed by atoms with Gasteiger partial charge in [0.05, 0.1) is 6.67 Å². The van der Waals surface area contributed by atoms with Crippen molar-refractivity contribution >= 4 is 5.69 Å². The van der Waals surface area contributed by atoms with E-state index in [1.807, 2.05) is 0 Å². The Balaban J connectivity index is 1.86. The number of hydrogen-bond donors (Lipinski definition) is 0. The van der Waals surface area contributed by atoms with Crippen molar-refractivity contribution in [1.29, 1.82) is 0 Å². The topological polar surface area (TPSA) is 6.48 Å². The van der Waals surface area contributed by atoms with E-state index in [0.717, 1.165) is 13.1 Å². The molecule has 1 aliphatic heterocycles. The maximum absolute atomic E-state index is 2.42. The summed E-state index contributed by atoms with van der Waals surface area (Å²) in [7, 11) is 0. The maximum atomic E-state index is 2.42. The fourth-order valence-electron chi connectivity index (χ4n) is 2.60. The van der Waals surface area contributed by atoms with E-state index in [4.69, 9.17) is 0 Å². The van der Waals surface area contributed by atoms with E-state index in [1.165, 1.54) is 43.5 Å². The molecule has 0 fully saturated rings. The predicted octanol–water partition coefficient (Wildman–Crippen LogP) is 4.38. The van der Waals surface area contributed by atoms with E-state index in [-0.39, 0.29) is 0 Å². The van der Waals surface area contributed by atoms with E-state index >= 15 is 0 Å². The van der Waals surface area contributed by atoms with Crippen molar-refractivity contribution < 1.29 is 0 Å². The van der Waals surface area contributed by atoms with Gasteiger partial charge in [-0.15, -0.1) is 0 Å². The summed E-state index contributed by atoms with van der Waals surface area (Å²) in [4.78, 5) is 4.78. The normalized spacial score (nSPS) is 14.4. The van der Waals surface area contributed by atoms with Gasteiger partial charge in [0.25, 0.3) is 0 Å². The number of rotatable bonds is 7. The molecular formula is C17H26N2. The van der Waals surface area contributed by atoms with Gasteiger partial charge in [-0.25, -0.2) is 0 Å². The SMILES string of the molecule is CCCCCCN1C=CN(c2ccccc2CC)C1. The molecule has 1 aromatic carbocycles. The summed E-state index contributed by atoms with van der Waals surface area (Å²) in [5.41, 5.74) is 2.79. The van der Waals surface area contributed by atoms with Gasteiger partial charge in [-0.1, -0.05) is 51.3 Å². The van der Waals surface area contributed by atoms with Gasteiger partial charge in [0.1, 0.15) is 0 Å². The quantitative estimate of drug-likeness (QED) is 0.670. The molecule has 2 rings (SSSR count). The number of hydrogen-bond acceptors (Lipinski definition) is 2. The molecule has 0 saturated heterocycles. The van der Waals surface area contributed by atoms with Gasteiger partial charge in [-0.2, -0.15) is 0 Å². The van der Waals surface area contributed by atoms with Crippen molar-refractivity contribution in [3.05, 3.63) is 42.2 Å². The average molecular weight is 258 g/mol. The smallest absolute Gasteiger partial charge is 0.0941 e. The van der Waals surface area contributed by atoms with Gasteiger partial charge in [0.15, 0.2) is 0 Å². The molecule has 1 aliphatic rings. The fourth-order valence-corrected chi connectivity index (χ4v) is 2.60. The highest BCUT2D eigenvalue weighted by Crippen LogP contribution is 2.24. The maximum Gasteiger partial charge on any atom is 0.0941 e. The van der Waals surface area contributed by atoms with Gasteiger partial charge in [-0.3, -0.25) is 0 Å². The summed E-state index contributed by atoms with van der Waals surface area (Å²) in [6, 6.07) is 8.72. The summed E-state index contributed by atoms with van der Waals surface area (Å²) < 4.78 is 0.